The predicted octanol–water partition coefficient (Wildman–Crippen LogP) is 6.22. The maximum Gasteiger partial charge on any atom is 0.149 e. The third-order valence-corrected chi connectivity index (χ3v) is 6.10. The van der Waals surface area contributed by atoms with Crippen molar-refractivity contribution >= 4 is 39.0 Å². The molecule has 6 heteroatoms. The summed E-state index contributed by atoms with van der Waals surface area (Å²) in [6.45, 7) is 2.64. The van der Waals surface area contributed by atoms with Crippen LogP contribution in [-0.4, -0.2) is 24.6 Å². The summed E-state index contributed by atoms with van der Waals surface area (Å²) in [6.07, 6.45) is 1.01. The van der Waals surface area contributed by atoms with E-state index in [1.165, 1.54) is 28.2 Å². The lowest BCUT2D eigenvalue weighted by Gasteiger charge is -2.08. The minimum Gasteiger partial charge on any atom is -0.497 e. The first-order valence-electron chi connectivity index (χ1n) is 9.96. The van der Waals surface area contributed by atoms with Crippen LogP contribution in [0.4, 0.5) is 5.82 Å². The summed E-state index contributed by atoms with van der Waals surface area (Å²) in [7, 11) is 1.68. The Hall–Kier alpha value is -2.60. The summed E-state index contributed by atoms with van der Waals surface area (Å²) < 4.78 is 10.8. The second kappa shape index (κ2) is 9.94. The van der Waals surface area contributed by atoms with Gasteiger partial charge < -0.3 is 15.4 Å². The lowest BCUT2D eigenvalue weighted by Crippen LogP contribution is -2.17. The van der Waals surface area contributed by atoms with Crippen molar-refractivity contribution in [3.05, 3.63) is 77.3 Å². The molecule has 4 aromatic rings. The molecule has 0 aliphatic carbocycles. The van der Waals surface area contributed by atoms with Gasteiger partial charge in [-0.05, 0) is 65.5 Å². The summed E-state index contributed by atoms with van der Waals surface area (Å²) in [5.41, 5.74) is 3.67. The Kier molecular flexibility index (Phi) is 6.84. The number of nitrogens with one attached hydrogen (secondary N) is 2. The predicted molar refractivity (Wildman–Crippen MR) is 128 cm³/mol. The molecule has 30 heavy (non-hydrogen) atoms. The molecule has 0 unspecified atom stereocenters. The van der Waals surface area contributed by atoms with Gasteiger partial charge in [0.05, 0.1) is 22.2 Å². The molecule has 154 valence electrons. The number of nitrogens with zero attached hydrogens (tertiary/aromatic N) is 1. The van der Waals surface area contributed by atoms with Crippen LogP contribution >= 0.6 is 23.1 Å². The van der Waals surface area contributed by atoms with Crippen LogP contribution in [0.3, 0.4) is 0 Å². The van der Waals surface area contributed by atoms with Crippen molar-refractivity contribution in [2.75, 3.05) is 25.5 Å². The Bertz CT molecular complexity index is 1090. The van der Waals surface area contributed by atoms with E-state index in [1.54, 1.807) is 7.11 Å². The number of ether oxygens (including phenoxy) is 1. The van der Waals surface area contributed by atoms with Crippen molar-refractivity contribution in [3.63, 3.8) is 0 Å². The fourth-order valence-electron chi connectivity index (χ4n) is 3.32. The topological polar surface area (TPSA) is 46.2 Å². The number of halogens is 1. The molecule has 0 saturated carbocycles. The molecule has 0 aliphatic heterocycles. The van der Waals surface area contributed by atoms with Crippen LogP contribution in [0, 0.1) is 0 Å². The smallest absolute Gasteiger partial charge is 0.149 e. The number of methoxy groups -OCH3 is 1. The summed E-state index contributed by atoms with van der Waals surface area (Å²) in [5.74, 6) is 1.76. The highest BCUT2D eigenvalue weighted by molar-refractivity contribution is 7.13. The normalized spacial score (nSPS) is 11.0. The summed E-state index contributed by atoms with van der Waals surface area (Å²) in [6, 6.07) is 22.7. The fourth-order valence-corrected chi connectivity index (χ4v) is 4.43. The van der Waals surface area contributed by atoms with Gasteiger partial charge in [0.15, 0.2) is 0 Å². The van der Waals surface area contributed by atoms with Gasteiger partial charge >= 0.3 is 0 Å². The van der Waals surface area contributed by atoms with Gasteiger partial charge in [-0.3, -0.25) is 0 Å². The maximum absolute atomic E-state index is 6.31. The average Bonchev–Trinajstić information content (AvgIpc) is 3.21. The molecule has 4 nitrogen and oxygen atoms in total. The van der Waals surface area contributed by atoms with Crippen LogP contribution < -0.4 is 15.4 Å². The lowest BCUT2D eigenvalue weighted by molar-refractivity contribution is 0.415. The van der Waals surface area contributed by atoms with Gasteiger partial charge in [-0.1, -0.05) is 54.1 Å². The third kappa shape index (κ3) is 4.93. The molecular formula is C24H24ClN3OS. The standard InChI is InChI=1S/C24H24ClN3OS/c1-29-20-12-10-19(11-13-20)18-8-6-17(7-9-18)16-26-14-3-15-27-24-23-21(25)4-2-5-22(23)30-28-24/h2,4-13,26H,3,14-16H2,1H3,(H,27,28). The molecule has 1 aromatic heterocycles. The van der Waals surface area contributed by atoms with Crippen LogP contribution in [0.5, 0.6) is 5.75 Å². The van der Waals surface area contributed by atoms with Crippen LogP contribution in [-0.2, 0) is 6.54 Å². The highest BCUT2D eigenvalue weighted by Gasteiger charge is 2.08. The number of fused-ring (bicyclic) bond motifs is 1. The molecule has 4 rings (SSSR count). The van der Waals surface area contributed by atoms with Crippen molar-refractivity contribution in [2.45, 2.75) is 13.0 Å². The van der Waals surface area contributed by atoms with Gasteiger partial charge in [-0.15, -0.1) is 0 Å². The number of benzene rings is 3. The molecule has 2 N–H and O–H groups in total. The van der Waals surface area contributed by atoms with Gasteiger partial charge in [0.2, 0.25) is 0 Å². The van der Waals surface area contributed by atoms with Crippen LogP contribution in [0.1, 0.15) is 12.0 Å². The number of anilines is 1. The molecule has 0 radical (unpaired) electrons. The Morgan fingerprint density at radius 3 is 2.40 bits per heavy atom. The lowest BCUT2D eigenvalue weighted by atomic mass is 10.0. The molecule has 0 amide bonds. The number of hydrogen-bond donors (Lipinski definition) is 2. The SMILES string of the molecule is COc1ccc(-c2ccc(CNCCCNc3nsc4cccc(Cl)c34)cc2)cc1. The Balaban J connectivity index is 1.21. The second-order valence-corrected chi connectivity index (χ2v) is 8.24. The molecular weight excluding hydrogens is 414 g/mol. The van der Waals surface area contributed by atoms with Crippen molar-refractivity contribution in [3.8, 4) is 16.9 Å². The molecule has 0 spiro atoms. The molecule has 0 saturated heterocycles. The molecule has 0 aliphatic rings. The zero-order valence-electron chi connectivity index (χ0n) is 16.8. The van der Waals surface area contributed by atoms with E-state index in [-0.39, 0.29) is 0 Å². The minimum atomic E-state index is 0.750. The first kappa shape index (κ1) is 20.7. The first-order valence-corrected chi connectivity index (χ1v) is 11.1. The molecule has 1 heterocycles. The highest BCUT2D eigenvalue weighted by Crippen LogP contribution is 2.32. The Labute approximate surface area is 186 Å². The van der Waals surface area contributed by atoms with Crippen LogP contribution in [0.2, 0.25) is 5.02 Å². The van der Waals surface area contributed by atoms with Gasteiger partial charge in [-0.2, -0.15) is 4.37 Å². The van der Waals surface area contributed by atoms with E-state index in [4.69, 9.17) is 16.3 Å². The number of rotatable bonds is 9. The van der Waals surface area contributed by atoms with E-state index in [0.717, 1.165) is 52.7 Å². The Morgan fingerprint density at radius 2 is 1.67 bits per heavy atom. The highest BCUT2D eigenvalue weighted by atomic mass is 35.5. The molecule has 0 atom stereocenters. The molecule has 0 bridgehead atoms. The maximum atomic E-state index is 6.31. The Morgan fingerprint density at radius 1 is 0.933 bits per heavy atom. The molecule has 3 aromatic carbocycles. The van der Waals surface area contributed by atoms with Gasteiger partial charge in [0.25, 0.3) is 0 Å². The number of aromatic nitrogens is 1. The summed E-state index contributed by atoms with van der Waals surface area (Å²) in [5, 5.41) is 8.68. The first-order chi connectivity index (χ1) is 14.7. The third-order valence-electron chi connectivity index (χ3n) is 4.98. The number of hydrogen-bond acceptors (Lipinski definition) is 5. The average molecular weight is 438 g/mol. The zero-order valence-corrected chi connectivity index (χ0v) is 18.4. The van der Waals surface area contributed by atoms with Crippen molar-refractivity contribution < 1.29 is 4.74 Å². The van der Waals surface area contributed by atoms with Gasteiger partial charge in [0, 0.05) is 13.1 Å². The van der Waals surface area contributed by atoms with Gasteiger partial charge in [-0.25, -0.2) is 0 Å². The van der Waals surface area contributed by atoms with Gasteiger partial charge in [0.1, 0.15) is 11.6 Å². The van der Waals surface area contributed by atoms with E-state index in [0.29, 0.717) is 0 Å². The monoisotopic (exact) mass is 437 g/mol. The quantitative estimate of drug-likeness (QED) is 0.305. The van der Waals surface area contributed by atoms with E-state index in [2.05, 4.69) is 51.4 Å². The van der Waals surface area contributed by atoms with E-state index in [9.17, 15) is 0 Å². The fraction of sp³-hybridized carbons (Fsp3) is 0.208. The second-order valence-electron chi connectivity index (χ2n) is 7.03. The largest absolute Gasteiger partial charge is 0.497 e. The summed E-state index contributed by atoms with van der Waals surface area (Å²) in [4.78, 5) is 0. The van der Waals surface area contributed by atoms with Crippen LogP contribution in [0.15, 0.2) is 66.7 Å². The van der Waals surface area contributed by atoms with E-state index < -0.39 is 0 Å². The van der Waals surface area contributed by atoms with Crippen molar-refractivity contribution in [2.24, 2.45) is 0 Å². The van der Waals surface area contributed by atoms with E-state index >= 15 is 0 Å². The summed E-state index contributed by atoms with van der Waals surface area (Å²) >= 11 is 7.78. The minimum absolute atomic E-state index is 0.750. The molecule has 0 fully saturated rings. The van der Waals surface area contributed by atoms with Crippen LogP contribution in [0.25, 0.3) is 21.2 Å². The van der Waals surface area contributed by atoms with E-state index in [1.807, 2.05) is 30.3 Å². The van der Waals surface area contributed by atoms with Crippen molar-refractivity contribution in [1.82, 2.24) is 9.69 Å². The van der Waals surface area contributed by atoms with Crippen molar-refractivity contribution in [1.29, 1.82) is 0 Å². The zero-order chi connectivity index (χ0) is 20.8.